The summed E-state index contributed by atoms with van der Waals surface area (Å²) in [6.45, 7) is 3.86. The molecule has 0 unspecified atom stereocenters. The van der Waals surface area contributed by atoms with Gasteiger partial charge in [0.2, 0.25) is 21.8 Å². The van der Waals surface area contributed by atoms with Gasteiger partial charge < -0.3 is 20.3 Å². The van der Waals surface area contributed by atoms with Crippen molar-refractivity contribution in [2.24, 2.45) is 5.92 Å². The molecule has 4 amide bonds. The van der Waals surface area contributed by atoms with E-state index < -0.39 is 63.0 Å². The molecule has 0 bridgehead atoms. The second kappa shape index (κ2) is 14.5. The number of ether oxygens (including phenoxy) is 1. The first-order valence-electron chi connectivity index (χ1n) is 16.6. The molecule has 1 aromatic carbocycles. The van der Waals surface area contributed by atoms with Crippen LogP contribution in [0.4, 0.5) is 13.6 Å². The quantitative estimate of drug-likeness (QED) is 0.177. The molecule has 15 heteroatoms. The van der Waals surface area contributed by atoms with Gasteiger partial charge in [-0.25, -0.2) is 22.0 Å². The van der Waals surface area contributed by atoms with Crippen molar-refractivity contribution < 1.29 is 41.1 Å². The lowest BCUT2D eigenvalue weighted by atomic mass is 9.98. The van der Waals surface area contributed by atoms with Gasteiger partial charge in [-0.15, -0.1) is 6.58 Å². The lowest BCUT2D eigenvalue weighted by molar-refractivity contribution is -0.139. The Balaban J connectivity index is 1.03. The van der Waals surface area contributed by atoms with Gasteiger partial charge >= 0.3 is 6.09 Å². The number of aryl methyl sites for hydroxylation is 1. The van der Waals surface area contributed by atoms with E-state index in [4.69, 9.17) is 4.74 Å². The topological polar surface area (TPSA) is 154 Å². The highest BCUT2D eigenvalue weighted by atomic mass is 32.2. The molecule has 0 radical (unpaired) electrons. The molecule has 3 fully saturated rings. The first kappa shape index (κ1) is 35.7. The molecular formula is C33H45F2N5O7S. The van der Waals surface area contributed by atoms with E-state index in [1.807, 2.05) is 18.2 Å². The van der Waals surface area contributed by atoms with E-state index >= 15 is 0 Å². The summed E-state index contributed by atoms with van der Waals surface area (Å²) in [5, 5.41) is 4.62. The number of carbonyl (C=O) groups is 4. The summed E-state index contributed by atoms with van der Waals surface area (Å²) in [5.41, 5.74) is 1.82. The molecule has 3 atom stereocenters. The summed E-state index contributed by atoms with van der Waals surface area (Å²) in [6, 6.07) is 5.03. The summed E-state index contributed by atoms with van der Waals surface area (Å²) >= 11 is 0. The molecule has 5 rings (SSSR count). The van der Waals surface area contributed by atoms with Gasteiger partial charge in [-0.2, -0.15) is 0 Å². The fraction of sp³-hybridized carbons (Fsp3) is 0.636. The van der Waals surface area contributed by atoms with Crippen LogP contribution in [-0.2, 0) is 48.7 Å². The minimum absolute atomic E-state index is 0.190. The fourth-order valence-corrected chi connectivity index (χ4v) is 8.12. The Morgan fingerprint density at radius 3 is 2.58 bits per heavy atom. The maximum absolute atomic E-state index is 14.7. The highest BCUT2D eigenvalue weighted by Gasteiger charge is 2.61. The van der Waals surface area contributed by atoms with E-state index in [1.54, 1.807) is 4.90 Å². The Labute approximate surface area is 280 Å². The van der Waals surface area contributed by atoms with Gasteiger partial charge in [0.1, 0.15) is 11.6 Å². The molecule has 1 saturated heterocycles. The van der Waals surface area contributed by atoms with Crippen LogP contribution in [0, 0.1) is 5.92 Å². The van der Waals surface area contributed by atoms with Crippen molar-refractivity contribution in [1.29, 1.82) is 0 Å². The SMILES string of the molecule is C=C[C@@H]1C[C@]1(NC(=O)[C@@H]1CCCN1C(=O)CNCC(F)(F)CCCCCc1cccc2c1CN(C(=O)OC)C2)C(=O)NS(=O)(=O)C1CC1. The van der Waals surface area contributed by atoms with E-state index in [1.165, 1.54) is 18.1 Å². The largest absolute Gasteiger partial charge is 0.453 e. The molecule has 2 aliphatic heterocycles. The summed E-state index contributed by atoms with van der Waals surface area (Å²) in [6.07, 6.45) is 5.12. The second-order valence-electron chi connectivity index (χ2n) is 13.3. The number of sulfonamides is 1. The van der Waals surface area contributed by atoms with Crippen molar-refractivity contribution in [1.82, 2.24) is 25.2 Å². The first-order valence-corrected chi connectivity index (χ1v) is 18.2. The zero-order valence-corrected chi connectivity index (χ0v) is 28.1. The third-order valence-corrected chi connectivity index (χ3v) is 11.6. The average Bonchev–Trinajstić information content (AvgIpc) is 3.92. The number of carbonyl (C=O) groups excluding carboxylic acids is 4. The van der Waals surface area contributed by atoms with Gasteiger partial charge in [-0.3, -0.25) is 24.0 Å². The number of halogens is 2. The van der Waals surface area contributed by atoms with Crippen molar-refractivity contribution in [3.05, 3.63) is 47.5 Å². The molecule has 3 N–H and O–H groups in total. The fourth-order valence-electron chi connectivity index (χ4n) is 6.76. The van der Waals surface area contributed by atoms with E-state index in [2.05, 4.69) is 21.9 Å². The molecule has 264 valence electrons. The molecule has 2 aliphatic carbocycles. The number of alkyl halides is 2. The number of nitrogens with zero attached hydrogens (tertiary/aromatic N) is 2. The van der Waals surface area contributed by atoms with Crippen LogP contribution in [0.3, 0.4) is 0 Å². The van der Waals surface area contributed by atoms with E-state index in [9.17, 15) is 36.4 Å². The molecule has 2 heterocycles. The molecule has 48 heavy (non-hydrogen) atoms. The van der Waals surface area contributed by atoms with Crippen molar-refractivity contribution >= 4 is 33.8 Å². The third-order valence-electron chi connectivity index (χ3n) is 9.79. The van der Waals surface area contributed by atoms with Crippen LogP contribution in [0.25, 0.3) is 0 Å². The number of nitrogens with one attached hydrogen (secondary N) is 3. The molecule has 12 nitrogen and oxygen atoms in total. The molecule has 0 aromatic heterocycles. The van der Waals surface area contributed by atoms with Gasteiger partial charge in [0, 0.05) is 32.0 Å². The van der Waals surface area contributed by atoms with E-state index in [0.717, 1.165) is 29.5 Å². The van der Waals surface area contributed by atoms with Gasteiger partial charge in [-0.05, 0) is 68.1 Å². The molecule has 4 aliphatic rings. The van der Waals surface area contributed by atoms with Crippen LogP contribution in [0.2, 0.25) is 0 Å². The molecule has 1 aromatic rings. The standard InChI is InChI=1S/C33H45F2N5O7S/c1-3-24-17-33(24,30(43)38-48(45,46)25-13-14-25)37-29(42)27-12-8-16-40(27)28(41)18-36-21-32(34,35)15-6-4-5-9-22-10-7-11-23-19-39(20-26(22)23)31(44)47-2/h3,7,10-11,24-25,27,36H,1,4-6,8-9,12-21H2,2H3,(H,37,42)(H,38,43)/t24-,27+,33-/m1/s1. The normalized spacial score (nSPS) is 23.4. The number of hydrogen-bond donors (Lipinski definition) is 3. The number of hydrogen-bond acceptors (Lipinski definition) is 8. The summed E-state index contributed by atoms with van der Waals surface area (Å²) in [5.74, 6) is -5.39. The van der Waals surface area contributed by atoms with Gasteiger partial charge in [0.05, 0.1) is 25.4 Å². The summed E-state index contributed by atoms with van der Waals surface area (Å²) in [4.78, 5) is 54.1. The second-order valence-corrected chi connectivity index (χ2v) is 15.3. The predicted octanol–water partition coefficient (Wildman–Crippen LogP) is 2.76. The number of unbranched alkanes of at least 4 members (excludes halogenated alkanes) is 2. The highest BCUT2D eigenvalue weighted by molar-refractivity contribution is 7.91. The van der Waals surface area contributed by atoms with Crippen LogP contribution >= 0.6 is 0 Å². The smallest absolute Gasteiger partial charge is 0.410 e. The maximum atomic E-state index is 14.7. The summed E-state index contributed by atoms with van der Waals surface area (Å²) in [7, 11) is -2.47. The Morgan fingerprint density at radius 1 is 1.12 bits per heavy atom. The van der Waals surface area contributed by atoms with Crippen molar-refractivity contribution in [3.8, 4) is 0 Å². The zero-order chi connectivity index (χ0) is 34.7. The first-order chi connectivity index (χ1) is 22.8. The Hall–Kier alpha value is -3.59. The maximum Gasteiger partial charge on any atom is 0.410 e. The minimum Gasteiger partial charge on any atom is -0.453 e. The van der Waals surface area contributed by atoms with E-state index in [-0.39, 0.29) is 32.0 Å². The lowest BCUT2D eigenvalue weighted by Gasteiger charge is -2.27. The highest BCUT2D eigenvalue weighted by Crippen LogP contribution is 2.45. The van der Waals surface area contributed by atoms with Crippen LogP contribution in [0.15, 0.2) is 30.9 Å². The third kappa shape index (κ3) is 8.16. The number of amides is 4. The van der Waals surface area contributed by atoms with Crippen LogP contribution in [-0.4, -0.2) is 91.5 Å². The van der Waals surface area contributed by atoms with Gasteiger partial charge in [-0.1, -0.05) is 30.7 Å². The molecule has 2 saturated carbocycles. The number of methoxy groups -OCH3 is 1. The van der Waals surface area contributed by atoms with E-state index in [0.29, 0.717) is 51.6 Å². The number of rotatable bonds is 16. The van der Waals surface area contributed by atoms with Crippen molar-refractivity contribution in [2.75, 3.05) is 26.7 Å². The number of likely N-dealkylation sites (tertiary alicyclic amines) is 1. The summed E-state index contributed by atoms with van der Waals surface area (Å²) < 4.78 is 60.9. The molecular weight excluding hydrogens is 648 g/mol. The van der Waals surface area contributed by atoms with Crippen LogP contribution in [0.5, 0.6) is 0 Å². The molecule has 0 spiro atoms. The zero-order valence-electron chi connectivity index (χ0n) is 27.3. The van der Waals surface area contributed by atoms with Crippen LogP contribution in [0.1, 0.15) is 74.5 Å². The predicted molar refractivity (Wildman–Crippen MR) is 172 cm³/mol. The van der Waals surface area contributed by atoms with Crippen molar-refractivity contribution in [2.45, 2.75) is 100 Å². The lowest BCUT2D eigenvalue weighted by Crippen LogP contribution is -2.57. The number of benzene rings is 1. The average molecular weight is 694 g/mol. The number of fused-ring (bicyclic) bond motifs is 1. The Morgan fingerprint density at radius 2 is 1.90 bits per heavy atom. The Bertz CT molecular complexity index is 1540. The van der Waals surface area contributed by atoms with Crippen molar-refractivity contribution in [3.63, 3.8) is 0 Å². The minimum atomic E-state index is -3.82. The van der Waals surface area contributed by atoms with Gasteiger partial charge in [0.25, 0.3) is 11.8 Å². The monoisotopic (exact) mass is 693 g/mol. The Kier molecular flexibility index (Phi) is 10.8. The van der Waals surface area contributed by atoms with Crippen LogP contribution < -0.4 is 15.4 Å². The van der Waals surface area contributed by atoms with Gasteiger partial charge in [0.15, 0.2) is 0 Å².